The lowest BCUT2D eigenvalue weighted by Gasteiger charge is -2.29. The Morgan fingerprint density at radius 3 is 2.72 bits per heavy atom. The molecule has 7 nitrogen and oxygen atoms in total. The van der Waals surface area contributed by atoms with Crippen molar-refractivity contribution in [2.24, 2.45) is 5.10 Å². The van der Waals surface area contributed by atoms with Gasteiger partial charge in [0.05, 0.1) is 28.3 Å². The van der Waals surface area contributed by atoms with E-state index in [1.54, 1.807) is 31.2 Å². The quantitative estimate of drug-likeness (QED) is 0.340. The number of benzene rings is 2. The third-order valence-electron chi connectivity index (χ3n) is 4.04. The Labute approximate surface area is 175 Å². The van der Waals surface area contributed by atoms with E-state index in [9.17, 15) is 9.18 Å². The molecule has 0 aromatic heterocycles. The number of amides is 1. The van der Waals surface area contributed by atoms with Gasteiger partial charge in [0.2, 0.25) is 6.41 Å². The molecule has 10 heteroatoms. The van der Waals surface area contributed by atoms with Crippen LogP contribution in [-0.4, -0.2) is 35.2 Å². The van der Waals surface area contributed by atoms with E-state index < -0.39 is 5.25 Å². The van der Waals surface area contributed by atoms with E-state index in [0.717, 1.165) is 28.7 Å². The smallest absolute Gasteiger partial charge is 0.211 e. The Bertz CT molecular complexity index is 983. The molecule has 1 amide bonds. The summed E-state index contributed by atoms with van der Waals surface area (Å²) in [6.45, 7) is 2.16. The predicted molar refractivity (Wildman–Crippen MR) is 114 cm³/mol. The minimum atomic E-state index is -0.433. The summed E-state index contributed by atoms with van der Waals surface area (Å²) in [7, 11) is 0. The average Bonchev–Trinajstić information content (AvgIpc) is 2.71. The Kier molecular flexibility index (Phi) is 6.50. The van der Waals surface area contributed by atoms with Crippen LogP contribution in [0.5, 0.6) is 5.75 Å². The fourth-order valence-corrected chi connectivity index (χ4v) is 4.09. The van der Waals surface area contributed by atoms with Gasteiger partial charge in [-0.2, -0.15) is 10.1 Å². The van der Waals surface area contributed by atoms with Gasteiger partial charge in [-0.1, -0.05) is 35.5 Å². The second-order valence-corrected chi connectivity index (χ2v) is 7.34. The first kappa shape index (κ1) is 20.8. The van der Waals surface area contributed by atoms with E-state index in [-0.39, 0.29) is 16.0 Å². The largest absolute Gasteiger partial charge is 0.490 e. The highest BCUT2D eigenvalue weighted by atomic mass is 35.5. The molecule has 0 aliphatic carbocycles. The van der Waals surface area contributed by atoms with Gasteiger partial charge in [0.25, 0.3) is 0 Å². The van der Waals surface area contributed by atoms with Gasteiger partial charge in [-0.15, -0.1) is 0 Å². The molecule has 29 heavy (non-hydrogen) atoms. The third-order valence-corrected chi connectivity index (χ3v) is 5.46. The number of hydrazone groups is 1. The lowest BCUT2D eigenvalue weighted by molar-refractivity contribution is -0.105. The zero-order chi connectivity index (χ0) is 21.0. The average molecular weight is 434 g/mol. The minimum absolute atomic E-state index is 0.0568. The summed E-state index contributed by atoms with van der Waals surface area (Å²) in [5, 5.41) is 23.6. The highest BCUT2D eigenvalue weighted by Gasteiger charge is 2.31. The predicted octanol–water partition coefficient (Wildman–Crippen LogP) is 4.48. The number of hydrogen-bond donors (Lipinski definition) is 3. The number of thioether (sulfide) groups is 1. The van der Waals surface area contributed by atoms with Crippen molar-refractivity contribution in [1.29, 1.82) is 10.8 Å². The Morgan fingerprint density at radius 2 is 2.10 bits per heavy atom. The highest BCUT2D eigenvalue weighted by Crippen LogP contribution is 2.41. The van der Waals surface area contributed by atoms with Gasteiger partial charge in [0.1, 0.15) is 12.2 Å². The number of halogens is 2. The van der Waals surface area contributed by atoms with Crippen molar-refractivity contribution in [2.75, 3.05) is 11.9 Å². The number of ether oxygens (including phenoxy) is 1. The molecule has 150 valence electrons. The Hall–Kier alpha value is -2.91. The van der Waals surface area contributed by atoms with Crippen molar-refractivity contribution in [3.63, 3.8) is 0 Å². The molecule has 1 unspecified atom stereocenters. The maximum atomic E-state index is 13.4. The van der Waals surface area contributed by atoms with Gasteiger partial charge in [-0.05, 0) is 36.8 Å². The summed E-state index contributed by atoms with van der Waals surface area (Å²) in [5.74, 6) is -0.0325. The van der Waals surface area contributed by atoms with Crippen LogP contribution in [0.1, 0.15) is 23.3 Å². The molecule has 0 saturated heterocycles. The van der Waals surface area contributed by atoms with Crippen LogP contribution < -0.4 is 10.1 Å². The number of nitrogens with zero attached hydrogens (tertiary/aromatic N) is 2. The highest BCUT2D eigenvalue weighted by molar-refractivity contribution is 8.14. The fourth-order valence-electron chi connectivity index (χ4n) is 2.80. The van der Waals surface area contributed by atoms with Crippen molar-refractivity contribution < 1.29 is 13.9 Å². The number of anilines is 1. The van der Waals surface area contributed by atoms with E-state index in [1.165, 1.54) is 12.1 Å². The molecule has 1 aliphatic heterocycles. The molecular formula is C19H17ClFN5O2S. The first-order chi connectivity index (χ1) is 14.0. The van der Waals surface area contributed by atoms with Gasteiger partial charge in [0, 0.05) is 5.56 Å². The van der Waals surface area contributed by atoms with E-state index in [1.807, 2.05) is 0 Å². The van der Waals surface area contributed by atoms with Crippen LogP contribution in [-0.2, 0) is 4.79 Å². The van der Waals surface area contributed by atoms with Crippen LogP contribution in [0.2, 0.25) is 5.02 Å². The molecule has 1 atom stereocenters. The molecule has 0 bridgehead atoms. The number of hydrogen-bond acceptors (Lipinski definition) is 6. The van der Waals surface area contributed by atoms with Crippen molar-refractivity contribution in [3.05, 3.63) is 58.4 Å². The van der Waals surface area contributed by atoms with Crippen LogP contribution in [0.4, 0.5) is 10.1 Å². The Morgan fingerprint density at radius 1 is 1.38 bits per heavy atom. The number of rotatable bonds is 7. The number of carbonyl (C=O) groups excluding carboxylic acids is 1. The fraction of sp³-hybridized carbons (Fsp3) is 0.158. The normalized spacial score (nSPS) is 16.2. The molecular weight excluding hydrogens is 417 g/mol. The summed E-state index contributed by atoms with van der Waals surface area (Å²) in [5.41, 5.74) is 2.18. The Balaban J connectivity index is 2.15. The summed E-state index contributed by atoms with van der Waals surface area (Å²) in [4.78, 5) is 11.0. The van der Waals surface area contributed by atoms with E-state index in [4.69, 9.17) is 27.2 Å². The van der Waals surface area contributed by atoms with Crippen LogP contribution in [0.25, 0.3) is 0 Å². The molecule has 0 saturated carbocycles. The minimum Gasteiger partial charge on any atom is -0.490 e. The molecule has 1 heterocycles. The summed E-state index contributed by atoms with van der Waals surface area (Å²) >= 11 is 7.55. The van der Waals surface area contributed by atoms with E-state index >= 15 is 0 Å². The standard InChI is InChI=1S/C19H17ClFN5O2S/c1-2-28-17-14(20)7-12(8-15(17)24-10-27)16-18(11-3-5-13(21)6-4-11)29-19(23)26(9-22)25-16/h3-10,18,22-23H,2H2,1H3,(H,24,27). The number of amidine groups is 1. The van der Waals surface area contributed by atoms with Crippen molar-refractivity contribution in [3.8, 4) is 5.75 Å². The molecule has 3 rings (SSSR count). The molecule has 0 radical (unpaired) electrons. The number of carbonyl (C=O) groups is 1. The van der Waals surface area contributed by atoms with Crippen molar-refractivity contribution in [2.45, 2.75) is 12.2 Å². The lowest BCUT2D eigenvalue weighted by atomic mass is 10.0. The van der Waals surface area contributed by atoms with Gasteiger partial charge in [0.15, 0.2) is 10.9 Å². The second-order valence-electron chi connectivity index (χ2n) is 5.84. The van der Waals surface area contributed by atoms with Gasteiger partial charge >= 0.3 is 0 Å². The lowest BCUT2D eigenvalue weighted by Crippen LogP contribution is -2.31. The van der Waals surface area contributed by atoms with Crippen molar-refractivity contribution >= 4 is 52.7 Å². The summed E-state index contributed by atoms with van der Waals surface area (Å²) < 4.78 is 18.9. The molecule has 0 spiro atoms. The molecule has 1 aliphatic rings. The monoisotopic (exact) mass is 433 g/mol. The zero-order valence-electron chi connectivity index (χ0n) is 15.3. The maximum absolute atomic E-state index is 13.4. The first-order valence-electron chi connectivity index (χ1n) is 8.54. The summed E-state index contributed by atoms with van der Waals surface area (Å²) in [6, 6.07) is 9.23. The molecule has 2 aromatic carbocycles. The maximum Gasteiger partial charge on any atom is 0.211 e. The van der Waals surface area contributed by atoms with E-state index in [0.29, 0.717) is 35.7 Å². The summed E-state index contributed by atoms with van der Waals surface area (Å²) in [6.07, 6.45) is 1.45. The van der Waals surface area contributed by atoms with E-state index in [2.05, 4.69) is 10.4 Å². The van der Waals surface area contributed by atoms with Crippen LogP contribution in [0.3, 0.4) is 0 Å². The first-order valence-corrected chi connectivity index (χ1v) is 9.80. The van der Waals surface area contributed by atoms with Crippen LogP contribution in [0, 0.1) is 16.6 Å². The third kappa shape index (κ3) is 4.41. The number of nitrogens with one attached hydrogen (secondary N) is 3. The molecule has 0 fully saturated rings. The van der Waals surface area contributed by atoms with Crippen LogP contribution in [0.15, 0.2) is 41.5 Å². The topological polar surface area (TPSA) is 102 Å². The van der Waals surface area contributed by atoms with Crippen LogP contribution >= 0.6 is 23.4 Å². The molecule has 3 N–H and O–H groups in total. The zero-order valence-corrected chi connectivity index (χ0v) is 16.9. The van der Waals surface area contributed by atoms with Gasteiger partial charge < -0.3 is 10.1 Å². The van der Waals surface area contributed by atoms with Gasteiger partial charge in [-0.25, -0.2) is 4.39 Å². The molecule has 2 aromatic rings. The SMILES string of the molecule is CCOc1c(Cl)cc(C2=NN(C=N)C(=N)SC2c2ccc(F)cc2)cc1NC=O. The second kappa shape index (κ2) is 9.06. The van der Waals surface area contributed by atoms with Gasteiger partial charge in [-0.3, -0.25) is 15.6 Å². The van der Waals surface area contributed by atoms with Crippen molar-refractivity contribution in [1.82, 2.24) is 5.01 Å².